The van der Waals surface area contributed by atoms with Gasteiger partial charge in [-0.05, 0) is 32.0 Å². The van der Waals surface area contributed by atoms with Gasteiger partial charge in [-0.3, -0.25) is 0 Å². The monoisotopic (exact) mass is 326 g/mol. The number of rotatable bonds is 6. The molecular weight excluding hydrogens is 306 g/mol. The Morgan fingerprint density at radius 2 is 2.05 bits per heavy atom. The van der Waals surface area contributed by atoms with Crippen LogP contribution in [0.1, 0.15) is 35.1 Å². The smallest absolute Gasteiger partial charge is 0.191 e. The molecular formula is C11H18NO4S3. The van der Waals surface area contributed by atoms with Gasteiger partial charge in [0.2, 0.25) is 0 Å². The van der Waals surface area contributed by atoms with Crippen LogP contribution in [0.3, 0.4) is 0 Å². The molecule has 0 fully saturated rings. The van der Waals surface area contributed by atoms with Gasteiger partial charge in [0.05, 0.1) is 5.75 Å². The van der Waals surface area contributed by atoms with Crippen LogP contribution in [0.5, 0.6) is 0 Å². The van der Waals surface area contributed by atoms with Gasteiger partial charge >= 0.3 is 0 Å². The molecule has 8 heteroatoms. The van der Waals surface area contributed by atoms with Crippen molar-refractivity contribution < 1.29 is 19.6 Å². The lowest BCUT2D eigenvalue weighted by Gasteiger charge is -2.12. The molecule has 109 valence electrons. The minimum atomic E-state index is -3.70. The maximum absolute atomic E-state index is 12.1. The van der Waals surface area contributed by atoms with Crippen LogP contribution in [0.4, 0.5) is 0 Å². The van der Waals surface area contributed by atoms with Gasteiger partial charge in [-0.2, -0.15) is 0 Å². The molecule has 0 aliphatic rings. The molecule has 0 saturated heterocycles. The van der Waals surface area contributed by atoms with Gasteiger partial charge in [0.1, 0.15) is 8.42 Å². The van der Waals surface area contributed by atoms with Crippen LogP contribution in [0.2, 0.25) is 0 Å². The summed E-state index contributed by atoms with van der Waals surface area (Å²) in [5.41, 5.74) is 0.254. The highest BCUT2D eigenvalue weighted by Gasteiger charge is 2.26. The van der Waals surface area contributed by atoms with Crippen molar-refractivity contribution in [2.24, 2.45) is 0 Å². The lowest BCUT2D eigenvalue weighted by molar-refractivity contribution is 0.579. The summed E-state index contributed by atoms with van der Waals surface area (Å²) in [6.07, 6.45) is 1.01. The fourth-order valence-corrected chi connectivity index (χ4v) is 5.35. The molecule has 0 unspecified atom stereocenters. The van der Waals surface area contributed by atoms with Gasteiger partial charge < -0.3 is 5.32 Å². The Hall–Kier alpha value is -0.440. The van der Waals surface area contributed by atoms with E-state index < -0.39 is 32.2 Å². The Morgan fingerprint density at radius 1 is 1.47 bits per heavy atom. The highest BCUT2D eigenvalue weighted by Crippen LogP contribution is 2.35. The predicted octanol–water partition coefficient (Wildman–Crippen LogP) is 1.78. The maximum atomic E-state index is 12.1. The van der Waals surface area contributed by atoms with E-state index in [1.165, 1.54) is 19.9 Å². The predicted molar refractivity (Wildman–Crippen MR) is 76.7 cm³/mol. The molecule has 5 nitrogen and oxygen atoms in total. The summed E-state index contributed by atoms with van der Waals surface area (Å²) in [6.45, 7) is 2.53. The third-order valence-corrected chi connectivity index (χ3v) is 7.53. The molecule has 0 spiro atoms. The molecule has 1 radical (unpaired) electrons. The fourth-order valence-electron chi connectivity index (χ4n) is 1.47. The zero-order valence-electron chi connectivity index (χ0n) is 13.1. The Labute approximate surface area is 121 Å². The SMILES string of the molecule is [2H]C([2H])(C)N[C@@H](C)c1cc(S(C)(=O)=O)sc1S(=O)(=O)[CH]C. The van der Waals surface area contributed by atoms with E-state index in [0.29, 0.717) is 11.3 Å². The molecule has 0 aromatic carbocycles. The van der Waals surface area contributed by atoms with E-state index in [1.54, 1.807) is 6.92 Å². The first kappa shape index (κ1) is 13.5. The molecule has 19 heavy (non-hydrogen) atoms. The van der Waals surface area contributed by atoms with E-state index in [9.17, 15) is 16.8 Å². The Balaban J connectivity index is 3.46. The highest BCUT2D eigenvalue weighted by molar-refractivity contribution is 7.96. The van der Waals surface area contributed by atoms with Crippen molar-refractivity contribution in [2.75, 3.05) is 12.8 Å². The number of sulfone groups is 2. The van der Waals surface area contributed by atoms with Crippen LogP contribution in [0.15, 0.2) is 14.5 Å². The van der Waals surface area contributed by atoms with E-state index in [2.05, 4.69) is 5.32 Å². The minimum absolute atomic E-state index is 0.0526. The first-order valence-corrected chi connectivity index (χ1v) is 9.69. The Bertz CT molecular complexity index is 717. The van der Waals surface area contributed by atoms with Crippen LogP contribution >= 0.6 is 11.3 Å². The number of nitrogens with one attached hydrogen (secondary N) is 1. The summed E-state index contributed by atoms with van der Waals surface area (Å²) in [6, 6.07) is 0.640. The van der Waals surface area contributed by atoms with Crippen molar-refractivity contribution >= 4 is 31.0 Å². The van der Waals surface area contributed by atoms with Crippen molar-refractivity contribution in [3.63, 3.8) is 0 Å². The fraction of sp³-hybridized carbons (Fsp3) is 0.545. The maximum Gasteiger partial charge on any atom is 0.191 e. The van der Waals surface area contributed by atoms with E-state index in [-0.39, 0.29) is 14.0 Å². The van der Waals surface area contributed by atoms with Crippen molar-refractivity contribution in [1.82, 2.24) is 5.32 Å². The molecule has 0 amide bonds. The zero-order chi connectivity index (χ0) is 16.6. The standard InChI is InChI=1S/C11H18NO4S3/c1-5-12-8(3)9-7-10(18(4,13)14)17-11(9)19(15,16)6-2/h6-8,12H,5H2,1-4H3/t8-/m0/s1/i5D2. The average molecular weight is 326 g/mol. The van der Waals surface area contributed by atoms with Gasteiger partial charge in [0.15, 0.2) is 19.7 Å². The molecule has 1 aromatic heterocycles. The highest BCUT2D eigenvalue weighted by atomic mass is 32.3. The number of thiophene rings is 1. The lowest BCUT2D eigenvalue weighted by atomic mass is 10.2. The summed E-state index contributed by atoms with van der Waals surface area (Å²) in [5, 5.41) is 2.60. The van der Waals surface area contributed by atoms with Gasteiger partial charge in [0, 0.05) is 15.0 Å². The summed E-state index contributed by atoms with van der Waals surface area (Å²) >= 11 is 0.683. The molecule has 1 rings (SSSR count). The molecule has 0 aliphatic carbocycles. The molecule has 1 N–H and O–H groups in total. The normalized spacial score (nSPS) is 16.8. The number of hydrogen-bond donors (Lipinski definition) is 1. The molecule has 1 aromatic rings. The van der Waals surface area contributed by atoms with Gasteiger partial charge in [-0.15, -0.1) is 11.3 Å². The van der Waals surface area contributed by atoms with Crippen molar-refractivity contribution in [1.29, 1.82) is 0 Å². The molecule has 0 aliphatic heterocycles. The van der Waals surface area contributed by atoms with Gasteiger partial charge in [-0.1, -0.05) is 6.92 Å². The van der Waals surface area contributed by atoms with Gasteiger partial charge in [-0.25, -0.2) is 16.8 Å². The Kier molecular flexibility index (Phi) is 4.21. The second kappa shape index (κ2) is 5.90. The third kappa shape index (κ3) is 3.77. The van der Waals surface area contributed by atoms with E-state index in [4.69, 9.17) is 2.74 Å². The second-order valence-corrected chi connectivity index (χ2v) is 9.50. The summed E-state index contributed by atoms with van der Waals surface area (Å²) < 4.78 is 62.3. The second-order valence-electron chi connectivity index (χ2n) is 3.98. The van der Waals surface area contributed by atoms with Gasteiger partial charge in [0.25, 0.3) is 0 Å². The van der Waals surface area contributed by atoms with Crippen LogP contribution in [0, 0.1) is 5.75 Å². The zero-order valence-corrected chi connectivity index (χ0v) is 13.5. The third-order valence-electron chi connectivity index (χ3n) is 2.46. The number of hydrogen-bond acceptors (Lipinski definition) is 6. The van der Waals surface area contributed by atoms with Crippen LogP contribution in [-0.2, 0) is 19.7 Å². The van der Waals surface area contributed by atoms with E-state index in [1.807, 2.05) is 0 Å². The van der Waals surface area contributed by atoms with Crippen LogP contribution < -0.4 is 5.32 Å². The summed E-state index contributed by atoms with van der Waals surface area (Å²) in [7, 11) is -7.23. The van der Waals surface area contributed by atoms with Crippen LogP contribution in [0.25, 0.3) is 0 Å². The largest absolute Gasteiger partial charge is 0.310 e. The topological polar surface area (TPSA) is 80.3 Å². The molecule has 0 saturated carbocycles. The van der Waals surface area contributed by atoms with E-state index >= 15 is 0 Å². The molecule has 1 atom stereocenters. The van der Waals surface area contributed by atoms with Crippen LogP contribution in [-0.4, -0.2) is 29.6 Å². The average Bonchev–Trinajstić information content (AvgIpc) is 2.71. The Morgan fingerprint density at radius 3 is 2.47 bits per heavy atom. The van der Waals surface area contributed by atoms with E-state index in [0.717, 1.165) is 12.0 Å². The first-order valence-electron chi connectivity index (χ1n) is 6.44. The first-order chi connectivity index (χ1) is 9.28. The van der Waals surface area contributed by atoms with Crippen molar-refractivity contribution in [3.05, 3.63) is 17.4 Å². The summed E-state index contributed by atoms with van der Waals surface area (Å²) in [5.74, 6) is 1.00. The quantitative estimate of drug-likeness (QED) is 0.862. The van der Waals surface area contributed by atoms with Crippen molar-refractivity contribution in [3.8, 4) is 0 Å². The lowest BCUT2D eigenvalue weighted by Crippen LogP contribution is -2.19. The van der Waals surface area contributed by atoms with Crippen molar-refractivity contribution in [2.45, 2.75) is 35.2 Å². The minimum Gasteiger partial charge on any atom is -0.310 e. The summed E-state index contributed by atoms with van der Waals surface area (Å²) in [4.78, 5) is 0. The molecule has 0 bridgehead atoms. The molecule has 1 heterocycles.